The SMILES string of the molecule is CCOCOc1ccc(CCl)cc1OCC. The minimum absolute atomic E-state index is 0.233. The van der Waals surface area contributed by atoms with E-state index in [1.54, 1.807) is 0 Å². The van der Waals surface area contributed by atoms with Crippen molar-refractivity contribution in [1.82, 2.24) is 0 Å². The van der Waals surface area contributed by atoms with Crippen molar-refractivity contribution in [2.75, 3.05) is 20.0 Å². The van der Waals surface area contributed by atoms with Crippen LogP contribution in [-0.2, 0) is 10.6 Å². The van der Waals surface area contributed by atoms with E-state index in [1.807, 2.05) is 32.0 Å². The Morgan fingerprint density at radius 2 is 1.88 bits per heavy atom. The van der Waals surface area contributed by atoms with E-state index in [0.29, 0.717) is 30.6 Å². The van der Waals surface area contributed by atoms with E-state index in [1.165, 1.54) is 0 Å². The molecule has 1 aromatic carbocycles. The molecule has 0 spiro atoms. The van der Waals surface area contributed by atoms with Gasteiger partial charge < -0.3 is 14.2 Å². The van der Waals surface area contributed by atoms with Crippen LogP contribution in [-0.4, -0.2) is 20.0 Å². The van der Waals surface area contributed by atoms with Crippen LogP contribution in [0.3, 0.4) is 0 Å². The Labute approximate surface area is 101 Å². The van der Waals surface area contributed by atoms with Crippen LogP contribution in [0.5, 0.6) is 11.5 Å². The average Bonchev–Trinajstić information content (AvgIpc) is 2.31. The molecule has 0 saturated heterocycles. The van der Waals surface area contributed by atoms with Gasteiger partial charge in [0.05, 0.1) is 6.61 Å². The Balaban J connectivity index is 2.72. The zero-order chi connectivity index (χ0) is 11.8. The quantitative estimate of drug-likeness (QED) is 0.419. The maximum Gasteiger partial charge on any atom is 0.189 e. The first-order chi connectivity index (χ1) is 7.81. The van der Waals surface area contributed by atoms with Crippen molar-refractivity contribution in [2.24, 2.45) is 0 Å². The van der Waals surface area contributed by atoms with Crippen LogP contribution in [0.25, 0.3) is 0 Å². The molecule has 1 rings (SSSR count). The van der Waals surface area contributed by atoms with Crippen molar-refractivity contribution in [3.05, 3.63) is 23.8 Å². The molecule has 0 heterocycles. The van der Waals surface area contributed by atoms with Crippen LogP contribution < -0.4 is 9.47 Å². The van der Waals surface area contributed by atoms with E-state index in [4.69, 9.17) is 25.8 Å². The highest BCUT2D eigenvalue weighted by atomic mass is 35.5. The third-order valence-corrected chi connectivity index (χ3v) is 2.27. The van der Waals surface area contributed by atoms with Crippen LogP contribution in [0.15, 0.2) is 18.2 Å². The lowest BCUT2D eigenvalue weighted by molar-refractivity contribution is 0.0206. The lowest BCUT2D eigenvalue weighted by Gasteiger charge is -2.12. The number of hydrogen-bond acceptors (Lipinski definition) is 3. The molecule has 0 atom stereocenters. The Morgan fingerprint density at radius 3 is 2.50 bits per heavy atom. The smallest absolute Gasteiger partial charge is 0.189 e. The zero-order valence-corrected chi connectivity index (χ0v) is 10.4. The molecule has 0 aromatic heterocycles. The molecule has 1 aromatic rings. The fourth-order valence-corrected chi connectivity index (χ4v) is 1.38. The number of ether oxygens (including phenoxy) is 3. The highest BCUT2D eigenvalue weighted by Gasteiger charge is 2.05. The van der Waals surface area contributed by atoms with Crippen molar-refractivity contribution >= 4 is 11.6 Å². The van der Waals surface area contributed by atoms with Gasteiger partial charge >= 0.3 is 0 Å². The molecule has 0 fully saturated rings. The summed E-state index contributed by atoms with van der Waals surface area (Å²) in [4.78, 5) is 0. The maximum absolute atomic E-state index is 5.76. The number of alkyl halides is 1. The summed E-state index contributed by atoms with van der Waals surface area (Å²) in [5.74, 6) is 1.86. The monoisotopic (exact) mass is 244 g/mol. The van der Waals surface area contributed by atoms with E-state index < -0.39 is 0 Å². The van der Waals surface area contributed by atoms with E-state index in [9.17, 15) is 0 Å². The number of rotatable bonds is 7. The molecule has 0 aliphatic rings. The Bertz CT molecular complexity index is 315. The fourth-order valence-electron chi connectivity index (χ4n) is 1.21. The van der Waals surface area contributed by atoms with Crippen LogP contribution in [0.2, 0.25) is 0 Å². The van der Waals surface area contributed by atoms with Crippen molar-refractivity contribution in [3.63, 3.8) is 0 Å². The Hall–Kier alpha value is -0.930. The van der Waals surface area contributed by atoms with Gasteiger partial charge in [-0.05, 0) is 31.5 Å². The van der Waals surface area contributed by atoms with Gasteiger partial charge in [0.15, 0.2) is 18.3 Å². The molecule has 0 radical (unpaired) electrons. The van der Waals surface area contributed by atoms with Gasteiger partial charge in [-0.25, -0.2) is 0 Å². The second-order valence-corrected chi connectivity index (χ2v) is 3.37. The number of hydrogen-bond donors (Lipinski definition) is 0. The molecule has 0 N–H and O–H groups in total. The van der Waals surface area contributed by atoms with Gasteiger partial charge in [0.2, 0.25) is 0 Å². The van der Waals surface area contributed by atoms with Crippen molar-refractivity contribution in [2.45, 2.75) is 19.7 Å². The lowest BCUT2D eigenvalue weighted by atomic mass is 10.2. The van der Waals surface area contributed by atoms with E-state index in [-0.39, 0.29) is 6.79 Å². The Morgan fingerprint density at radius 1 is 1.06 bits per heavy atom. The van der Waals surface area contributed by atoms with Crippen molar-refractivity contribution in [1.29, 1.82) is 0 Å². The zero-order valence-electron chi connectivity index (χ0n) is 9.66. The van der Waals surface area contributed by atoms with Crippen LogP contribution >= 0.6 is 11.6 Å². The molecule has 3 nitrogen and oxygen atoms in total. The van der Waals surface area contributed by atoms with Gasteiger partial charge in [0.1, 0.15) is 0 Å². The summed E-state index contributed by atoms with van der Waals surface area (Å²) < 4.78 is 16.0. The lowest BCUT2D eigenvalue weighted by Crippen LogP contribution is -2.04. The standard InChI is InChI=1S/C12H17ClO3/c1-3-14-9-16-11-6-5-10(8-13)7-12(11)15-4-2/h5-7H,3-4,8-9H2,1-2H3. The summed E-state index contributed by atoms with van der Waals surface area (Å²) in [6.07, 6.45) is 0. The summed E-state index contributed by atoms with van der Waals surface area (Å²) >= 11 is 5.76. The van der Waals surface area contributed by atoms with Crippen molar-refractivity contribution < 1.29 is 14.2 Å². The third kappa shape index (κ3) is 3.91. The molecule has 0 amide bonds. The molecular weight excluding hydrogens is 228 g/mol. The number of halogens is 1. The molecule has 4 heteroatoms. The highest BCUT2D eigenvalue weighted by Crippen LogP contribution is 2.29. The summed E-state index contributed by atoms with van der Waals surface area (Å²) in [5.41, 5.74) is 1.01. The maximum atomic E-state index is 5.76. The molecule has 0 saturated carbocycles. The third-order valence-electron chi connectivity index (χ3n) is 1.96. The normalized spacial score (nSPS) is 10.2. The molecular formula is C12H17ClO3. The van der Waals surface area contributed by atoms with E-state index >= 15 is 0 Å². The largest absolute Gasteiger partial charge is 0.490 e. The van der Waals surface area contributed by atoms with Crippen LogP contribution in [0, 0.1) is 0 Å². The van der Waals surface area contributed by atoms with Gasteiger partial charge in [-0.15, -0.1) is 11.6 Å². The van der Waals surface area contributed by atoms with E-state index in [0.717, 1.165) is 5.56 Å². The minimum atomic E-state index is 0.233. The highest BCUT2D eigenvalue weighted by molar-refractivity contribution is 6.17. The molecule has 0 aliphatic heterocycles. The minimum Gasteiger partial charge on any atom is -0.490 e. The molecule has 16 heavy (non-hydrogen) atoms. The van der Waals surface area contributed by atoms with Crippen LogP contribution in [0.1, 0.15) is 19.4 Å². The molecule has 90 valence electrons. The first kappa shape index (κ1) is 13.1. The van der Waals surface area contributed by atoms with Crippen molar-refractivity contribution in [3.8, 4) is 11.5 Å². The van der Waals surface area contributed by atoms with Gasteiger partial charge in [0.25, 0.3) is 0 Å². The topological polar surface area (TPSA) is 27.7 Å². The van der Waals surface area contributed by atoms with Gasteiger partial charge in [-0.1, -0.05) is 6.07 Å². The second kappa shape index (κ2) is 7.36. The fraction of sp³-hybridized carbons (Fsp3) is 0.500. The van der Waals surface area contributed by atoms with Gasteiger partial charge in [0, 0.05) is 12.5 Å². The molecule has 0 aliphatic carbocycles. The summed E-state index contributed by atoms with van der Waals surface area (Å²) in [5, 5.41) is 0. The van der Waals surface area contributed by atoms with E-state index in [2.05, 4.69) is 0 Å². The van der Waals surface area contributed by atoms with Crippen LogP contribution in [0.4, 0.5) is 0 Å². The number of benzene rings is 1. The summed E-state index contributed by atoms with van der Waals surface area (Å²) in [6.45, 7) is 5.31. The Kier molecular flexibility index (Phi) is 6.04. The second-order valence-electron chi connectivity index (χ2n) is 3.10. The predicted molar refractivity (Wildman–Crippen MR) is 64.3 cm³/mol. The van der Waals surface area contributed by atoms with Gasteiger partial charge in [-0.2, -0.15) is 0 Å². The summed E-state index contributed by atoms with van der Waals surface area (Å²) in [6, 6.07) is 5.65. The molecule has 0 unspecified atom stereocenters. The first-order valence-electron chi connectivity index (χ1n) is 5.34. The van der Waals surface area contributed by atoms with Gasteiger partial charge in [-0.3, -0.25) is 0 Å². The predicted octanol–water partition coefficient (Wildman–Crippen LogP) is 3.20. The molecule has 0 bridgehead atoms. The average molecular weight is 245 g/mol. The summed E-state index contributed by atoms with van der Waals surface area (Å²) in [7, 11) is 0. The first-order valence-corrected chi connectivity index (χ1v) is 5.87.